The molecule has 1 fully saturated rings. The van der Waals surface area contributed by atoms with Crippen molar-refractivity contribution in [1.29, 1.82) is 0 Å². The molecule has 0 saturated carbocycles. The van der Waals surface area contributed by atoms with Gasteiger partial charge in [0.05, 0.1) is 19.6 Å². The Labute approximate surface area is 147 Å². The molecule has 2 aromatic rings. The molecule has 3 rings (SSSR count). The van der Waals surface area contributed by atoms with Crippen LogP contribution in [0.15, 0.2) is 42.5 Å². The summed E-state index contributed by atoms with van der Waals surface area (Å²) in [5.41, 5.74) is 0.967. The zero-order valence-corrected chi connectivity index (χ0v) is 14.1. The predicted octanol–water partition coefficient (Wildman–Crippen LogP) is 1.40. The van der Waals surface area contributed by atoms with E-state index in [2.05, 4.69) is 25.7 Å². The third kappa shape index (κ3) is 5.81. The van der Waals surface area contributed by atoms with E-state index in [4.69, 9.17) is 4.74 Å². The van der Waals surface area contributed by atoms with Gasteiger partial charge in [-0.2, -0.15) is 0 Å². The summed E-state index contributed by atoms with van der Waals surface area (Å²) in [4.78, 5) is 14.4. The average molecular weight is 341 g/mol. The maximum Gasteiger partial charge on any atom is 0.229 e. The number of aromatic nitrogens is 2. The first kappa shape index (κ1) is 17.3. The Bertz CT molecular complexity index is 657. The lowest BCUT2D eigenvalue weighted by molar-refractivity contribution is -0.115. The maximum absolute atomic E-state index is 12.0. The third-order valence-corrected chi connectivity index (χ3v) is 3.98. The van der Waals surface area contributed by atoms with Gasteiger partial charge in [-0.25, -0.2) is 0 Å². The second-order valence-corrected chi connectivity index (χ2v) is 5.90. The SMILES string of the molecule is O=C(Cc1ccccc1)Nc1ccc(NCCN2CCOCC2)nn1. The molecule has 7 heteroatoms. The second-order valence-electron chi connectivity index (χ2n) is 5.90. The van der Waals surface area contributed by atoms with Crippen molar-refractivity contribution in [2.75, 3.05) is 50.0 Å². The number of nitrogens with one attached hydrogen (secondary N) is 2. The molecular weight excluding hydrogens is 318 g/mol. The molecule has 0 spiro atoms. The van der Waals surface area contributed by atoms with Crippen LogP contribution >= 0.6 is 0 Å². The Hall–Kier alpha value is -2.51. The van der Waals surface area contributed by atoms with Crippen LogP contribution in [0.3, 0.4) is 0 Å². The summed E-state index contributed by atoms with van der Waals surface area (Å²) in [6.45, 7) is 5.29. The average Bonchev–Trinajstić information content (AvgIpc) is 2.65. The summed E-state index contributed by atoms with van der Waals surface area (Å²) in [6.07, 6.45) is 0.321. The van der Waals surface area contributed by atoms with Crippen molar-refractivity contribution >= 4 is 17.5 Å². The van der Waals surface area contributed by atoms with Crippen molar-refractivity contribution in [3.8, 4) is 0 Å². The largest absolute Gasteiger partial charge is 0.379 e. The highest BCUT2D eigenvalue weighted by Gasteiger charge is 2.09. The number of anilines is 2. The van der Waals surface area contributed by atoms with Gasteiger partial charge in [0.25, 0.3) is 0 Å². The molecule has 7 nitrogen and oxygen atoms in total. The van der Waals surface area contributed by atoms with Gasteiger partial charge in [0.15, 0.2) is 5.82 Å². The van der Waals surface area contributed by atoms with Crippen molar-refractivity contribution in [2.45, 2.75) is 6.42 Å². The molecule has 0 atom stereocenters. The standard InChI is InChI=1S/C18H23N5O2/c24-18(14-15-4-2-1-3-5-15)20-17-7-6-16(21-22-17)19-8-9-23-10-12-25-13-11-23/h1-7H,8-14H2,(H,19,21)(H,20,22,24). The second kappa shape index (κ2) is 9.10. The van der Waals surface area contributed by atoms with E-state index in [1.807, 2.05) is 36.4 Å². The summed E-state index contributed by atoms with van der Waals surface area (Å²) in [5, 5.41) is 14.2. The molecule has 1 aromatic carbocycles. The Kier molecular flexibility index (Phi) is 6.30. The van der Waals surface area contributed by atoms with Crippen LogP contribution < -0.4 is 10.6 Å². The lowest BCUT2D eigenvalue weighted by atomic mass is 10.1. The normalized spacial score (nSPS) is 14.9. The van der Waals surface area contributed by atoms with Crippen molar-refractivity contribution < 1.29 is 9.53 Å². The summed E-state index contributed by atoms with van der Waals surface area (Å²) >= 11 is 0. The number of benzene rings is 1. The fourth-order valence-electron chi connectivity index (χ4n) is 2.63. The molecule has 25 heavy (non-hydrogen) atoms. The summed E-state index contributed by atoms with van der Waals surface area (Å²) in [6, 6.07) is 13.2. The summed E-state index contributed by atoms with van der Waals surface area (Å²) in [7, 11) is 0. The number of rotatable bonds is 7. The molecule has 0 unspecified atom stereocenters. The van der Waals surface area contributed by atoms with Gasteiger partial charge in [0, 0.05) is 26.2 Å². The van der Waals surface area contributed by atoms with E-state index >= 15 is 0 Å². The fourth-order valence-corrected chi connectivity index (χ4v) is 2.63. The summed E-state index contributed by atoms with van der Waals surface area (Å²) in [5.74, 6) is 1.06. The van der Waals surface area contributed by atoms with Gasteiger partial charge in [0.2, 0.25) is 5.91 Å². The zero-order chi connectivity index (χ0) is 17.3. The van der Waals surface area contributed by atoms with Crippen LogP contribution in [0.5, 0.6) is 0 Å². The number of hydrogen-bond donors (Lipinski definition) is 2. The van der Waals surface area contributed by atoms with Crippen LogP contribution in [0.25, 0.3) is 0 Å². The van der Waals surface area contributed by atoms with Crippen molar-refractivity contribution in [2.24, 2.45) is 0 Å². The van der Waals surface area contributed by atoms with Gasteiger partial charge in [-0.3, -0.25) is 9.69 Å². The van der Waals surface area contributed by atoms with E-state index in [-0.39, 0.29) is 5.91 Å². The Morgan fingerprint density at radius 3 is 2.48 bits per heavy atom. The van der Waals surface area contributed by atoms with E-state index in [0.29, 0.717) is 18.1 Å². The van der Waals surface area contributed by atoms with Gasteiger partial charge in [-0.1, -0.05) is 30.3 Å². The fraction of sp³-hybridized carbons (Fsp3) is 0.389. The van der Waals surface area contributed by atoms with Crippen molar-refractivity contribution in [3.05, 3.63) is 48.0 Å². The maximum atomic E-state index is 12.0. The molecule has 2 N–H and O–H groups in total. The van der Waals surface area contributed by atoms with Crippen LogP contribution in [-0.4, -0.2) is 60.4 Å². The van der Waals surface area contributed by atoms with Gasteiger partial charge in [0.1, 0.15) is 5.82 Å². The molecule has 0 bridgehead atoms. The molecule has 1 aromatic heterocycles. The van der Waals surface area contributed by atoms with E-state index in [0.717, 1.165) is 45.0 Å². The van der Waals surface area contributed by atoms with Gasteiger partial charge >= 0.3 is 0 Å². The number of ether oxygens (including phenoxy) is 1. The number of carbonyl (C=O) groups is 1. The lowest BCUT2D eigenvalue weighted by Gasteiger charge is -2.26. The molecule has 0 radical (unpaired) electrons. The highest BCUT2D eigenvalue weighted by molar-refractivity contribution is 5.91. The Morgan fingerprint density at radius 2 is 1.76 bits per heavy atom. The zero-order valence-electron chi connectivity index (χ0n) is 14.1. The predicted molar refractivity (Wildman–Crippen MR) is 96.6 cm³/mol. The van der Waals surface area contributed by atoms with Crippen LogP contribution in [-0.2, 0) is 16.0 Å². The molecule has 1 saturated heterocycles. The molecule has 1 aliphatic rings. The monoisotopic (exact) mass is 341 g/mol. The van der Waals surface area contributed by atoms with E-state index in [9.17, 15) is 4.79 Å². The first-order chi connectivity index (χ1) is 12.3. The van der Waals surface area contributed by atoms with Gasteiger partial charge < -0.3 is 15.4 Å². The minimum Gasteiger partial charge on any atom is -0.379 e. The number of amides is 1. The van der Waals surface area contributed by atoms with Crippen LogP contribution in [0.4, 0.5) is 11.6 Å². The Morgan fingerprint density at radius 1 is 1.04 bits per heavy atom. The Balaban J connectivity index is 1.41. The van der Waals surface area contributed by atoms with Crippen LogP contribution in [0.1, 0.15) is 5.56 Å². The van der Waals surface area contributed by atoms with Crippen LogP contribution in [0.2, 0.25) is 0 Å². The third-order valence-electron chi connectivity index (χ3n) is 3.98. The molecule has 1 amide bonds. The van der Waals surface area contributed by atoms with Gasteiger partial charge in [-0.05, 0) is 17.7 Å². The van der Waals surface area contributed by atoms with E-state index in [1.165, 1.54) is 0 Å². The number of carbonyl (C=O) groups excluding carboxylic acids is 1. The molecule has 2 heterocycles. The van der Waals surface area contributed by atoms with Crippen molar-refractivity contribution in [1.82, 2.24) is 15.1 Å². The summed E-state index contributed by atoms with van der Waals surface area (Å²) < 4.78 is 5.33. The topological polar surface area (TPSA) is 79.4 Å². The molecule has 0 aliphatic carbocycles. The number of hydrogen-bond acceptors (Lipinski definition) is 6. The first-order valence-electron chi connectivity index (χ1n) is 8.51. The minimum atomic E-state index is -0.103. The number of morpholine rings is 1. The highest BCUT2D eigenvalue weighted by atomic mass is 16.5. The van der Waals surface area contributed by atoms with Gasteiger partial charge in [-0.15, -0.1) is 10.2 Å². The molecular formula is C18H23N5O2. The number of nitrogens with zero attached hydrogens (tertiary/aromatic N) is 3. The molecule has 132 valence electrons. The van der Waals surface area contributed by atoms with E-state index < -0.39 is 0 Å². The van der Waals surface area contributed by atoms with Crippen LogP contribution in [0, 0.1) is 0 Å². The smallest absolute Gasteiger partial charge is 0.229 e. The van der Waals surface area contributed by atoms with Crippen molar-refractivity contribution in [3.63, 3.8) is 0 Å². The van der Waals surface area contributed by atoms with E-state index in [1.54, 1.807) is 6.07 Å². The quantitative estimate of drug-likeness (QED) is 0.793. The highest BCUT2D eigenvalue weighted by Crippen LogP contribution is 2.07. The first-order valence-corrected chi connectivity index (χ1v) is 8.51. The molecule has 1 aliphatic heterocycles. The minimum absolute atomic E-state index is 0.103. The lowest BCUT2D eigenvalue weighted by Crippen LogP contribution is -2.39.